The minimum atomic E-state index is -0.441. The molecule has 0 bridgehead atoms. The second-order valence-electron chi connectivity index (χ2n) is 4.90. The molecule has 3 heteroatoms. The normalized spacial score (nSPS) is 13.1. The van der Waals surface area contributed by atoms with Gasteiger partial charge in [-0.25, -0.2) is 0 Å². The lowest BCUT2D eigenvalue weighted by Crippen LogP contribution is -2.30. The number of nitrogens with zero attached hydrogens (tertiary/aromatic N) is 1. The Balaban J connectivity index is 3.00. The molecular weight excluding hydrogens is 226 g/mol. The van der Waals surface area contributed by atoms with Crippen molar-refractivity contribution in [2.45, 2.75) is 46.4 Å². The van der Waals surface area contributed by atoms with E-state index in [1.54, 1.807) is 14.0 Å². The van der Waals surface area contributed by atoms with Gasteiger partial charge >= 0.3 is 0 Å². The quantitative estimate of drug-likeness (QED) is 0.843. The molecule has 0 saturated heterocycles. The molecule has 0 radical (unpaired) electrons. The molecule has 1 rings (SSSR count). The van der Waals surface area contributed by atoms with Crippen molar-refractivity contribution in [2.24, 2.45) is 0 Å². The van der Waals surface area contributed by atoms with Crippen LogP contribution in [0.4, 0.5) is 0 Å². The first kappa shape index (κ1) is 15.0. The zero-order valence-electron chi connectivity index (χ0n) is 12.1. The summed E-state index contributed by atoms with van der Waals surface area (Å²) in [4.78, 5) is 2.36. The topological polar surface area (TPSA) is 32.7 Å². The third-order valence-electron chi connectivity index (χ3n) is 3.30. The SMILES string of the molecule is CCN(Cc1cc(C(C)O)ccc1OC)C(C)C. The van der Waals surface area contributed by atoms with Crippen LogP contribution in [0.2, 0.25) is 0 Å². The third-order valence-corrected chi connectivity index (χ3v) is 3.30. The Kier molecular flexibility index (Phi) is 5.63. The average Bonchev–Trinajstić information content (AvgIpc) is 2.35. The fourth-order valence-corrected chi connectivity index (χ4v) is 2.06. The molecule has 102 valence electrons. The molecule has 0 aromatic heterocycles. The van der Waals surface area contributed by atoms with E-state index in [9.17, 15) is 5.11 Å². The van der Waals surface area contributed by atoms with E-state index in [1.807, 2.05) is 18.2 Å². The van der Waals surface area contributed by atoms with Crippen molar-refractivity contribution in [3.63, 3.8) is 0 Å². The van der Waals surface area contributed by atoms with Crippen LogP contribution in [0.25, 0.3) is 0 Å². The van der Waals surface area contributed by atoms with Crippen molar-refractivity contribution in [3.8, 4) is 5.75 Å². The van der Waals surface area contributed by atoms with Crippen molar-refractivity contribution in [2.75, 3.05) is 13.7 Å². The van der Waals surface area contributed by atoms with E-state index in [0.717, 1.165) is 30.0 Å². The highest BCUT2D eigenvalue weighted by Crippen LogP contribution is 2.25. The molecule has 3 nitrogen and oxygen atoms in total. The Labute approximate surface area is 110 Å². The minimum Gasteiger partial charge on any atom is -0.496 e. The molecule has 0 saturated carbocycles. The fraction of sp³-hybridized carbons (Fsp3) is 0.600. The van der Waals surface area contributed by atoms with Gasteiger partial charge in [0, 0.05) is 18.2 Å². The highest BCUT2D eigenvalue weighted by Gasteiger charge is 2.13. The van der Waals surface area contributed by atoms with Crippen LogP contribution in [0.5, 0.6) is 5.75 Å². The van der Waals surface area contributed by atoms with Crippen LogP contribution in [0, 0.1) is 0 Å². The Morgan fingerprint density at radius 3 is 2.39 bits per heavy atom. The van der Waals surface area contributed by atoms with Gasteiger partial charge in [0.2, 0.25) is 0 Å². The van der Waals surface area contributed by atoms with E-state index < -0.39 is 6.10 Å². The number of rotatable bonds is 6. The molecule has 0 aliphatic carbocycles. The number of hydrogen-bond donors (Lipinski definition) is 1. The maximum absolute atomic E-state index is 9.66. The van der Waals surface area contributed by atoms with E-state index in [-0.39, 0.29) is 0 Å². The van der Waals surface area contributed by atoms with Crippen LogP contribution in [-0.2, 0) is 6.54 Å². The number of hydrogen-bond acceptors (Lipinski definition) is 3. The van der Waals surface area contributed by atoms with Gasteiger partial charge in [0.15, 0.2) is 0 Å². The summed E-state index contributed by atoms with van der Waals surface area (Å²) in [5.41, 5.74) is 2.07. The number of methoxy groups -OCH3 is 1. The number of benzene rings is 1. The summed E-state index contributed by atoms with van der Waals surface area (Å²) in [7, 11) is 1.69. The summed E-state index contributed by atoms with van der Waals surface area (Å²) in [5, 5.41) is 9.66. The first-order valence-corrected chi connectivity index (χ1v) is 6.58. The summed E-state index contributed by atoms with van der Waals surface area (Å²) >= 11 is 0. The summed E-state index contributed by atoms with van der Waals surface area (Å²) < 4.78 is 5.40. The number of aliphatic hydroxyl groups is 1. The van der Waals surface area contributed by atoms with Crippen LogP contribution in [0.15, 0.2) is 18.2 Å². The zero-order chi connectivity index (χ0) is 13.7. The first-order chi connectivity index (χ1) is 8.49. The molecule has 0 aliphatic rings. The lowest BCUT2D eigenvalue weighted by atomic mass is 10.0. The summed E-state index contributed by atoms with van der Waals surface area (Å²) in [6.07, 6.45) is -0.441. The predicted molar refractivity (Wildman–Crippen MR) is 74.8 cm³/mol. The maximum atomic E-state index is 9.66. The second kappa shape index (κ2) is 6.76. The number of aliphatic hydroxyl groups excluding tert-OH is 1. The van der Waals surface area contributed by atoms with Gasteiger partial charge in [-0.2, -0.15) is 0 Å². The molecule has 1 unspecified atom stereocenters. The van der Waals surface area contributed by atoms with Crippen molar-refractivity contribution >= 4 is 0 Å². The van der Waals surface area contributed by atoms with E-state index in [1.165, 1.54) is 0 Å². The first-order valence-electron chi connectivity index (χ1n) is 6.58. The molecule has 1 aromatic rings. The monoisotopic (exact) mass is 251 g/mol. The molecule has 1 aromatic carbocycles. The molecule has 0 fully saturated rings. The lowest BCUT2D eigenvalue weighted by Gasteiger charge is -2.26. The van der Waals surface area contributed by atoms with Crippen molar-refractivity contribution < 1.29 is 9.84 Å². The Morgan fingerprint density at radius 2 is 1.94 bits per heavy atom. The highest BCUT2D eigenvalue weighted by molar-refractivity contribution is 5.38. The van der Waals surface area contributed by atoms with Crippen LogP contribution in [-0.4, -0.2) is 29.7 Å². The smallest absolute Gasteiger partial charge is 0.123 e. The van der Waals surface area contributed by atoms with Crippen LogP contribution in [0.3, 0.4) is 0 Å². The highest BCUT2D eigenvalue weighted by atomic mass is 16.5. The minimum absolute atomic E-state index is 0.441. The van der Waals surface area contributed by atoms with E-state index in [4.69, 9.17) is 4.74 Å². The van der Waals surface area contributed by atoms with Crippen molar-refractivity contribution in [1.82, 2.24) is 4.90 Å². The maximum Gasteiger partial charge on any atom is 0.123 e. The van der Waals surface area contributed by atoms with E-state index in [2.05, 4.69) is 25.7 Å². The molecule has 18 heavy (non-hydrogen) atoms. The molecule has 1 N–H and O–H groups in total. The van der Waals surface area contributed by atoms with Crippen molar-refractivity contribution in [3.05, 3.63) is 29.3 Å². The molecule has 0 spiro atoms. The lowest BCUT2D eigenvalue weighted by molar-refractivity contribution is 0.198. The van der Waals surface area contributed by atoms with Gasteiger partial charge in [-0.3, -0.25) is 4.90 Å². The van der Waals surface area contributed by atoms with Gasteiger partial charge in [0.25, 0.3) is 0 Å². The predicted octanol–water partition coefficient (Wildman–Crippen LogP) is 2.98. The van der Waals surface area contributed by atoms with Gasteiger partial charge in [0.05, 0.1) is 13.2 Å². The largest absolute Gasteiger partial charge is 0.496 e. The van der Waals surface area contributed by atoms with Crippen LogP contribution in [0.1, 0.15) is 44.9 Å². The van der Waals surface area contributed by atoms with Gasteiger partial charge in [-0.05, 0) is 45.0 Å². The van der Waals surface area contributed by atoms with Gasteiger partial charge < -0.3 is 9.84 Å². The van der Waals surface area contributed by atoms with Gasteiger partial charge in [-0.15, -0.1) is 0 Å². The second-order valence-corrected chi connectivity index (χ2v) is 4.90. The molecular formula is C15H25NO2. The molecule has 0 aliphatic heterocycles. The van der Waals surface area contributed by atoms with Gasteiger partial charge in [-0.1, -0.05) is 13.0 Å². The third kappa shape index (κ3) is 3.72. The Morgan fingerprint density at radius 1 is 1.28 bits per heavy atom. The molecule has 1 atom stereocenters. The van der Waals surface area contributed by atoms with E-state index in [0.29, 0.717) is 6.04 Å². The summed E-state index contributed by atoms with van der Waals surface area (Å²) in [6.45, 7) is 10.2. The molecule has 0 heterocycles. The van der Waals surface area contributed by atoms with E-state index >= 15 is 0 Å². The average molecular weight is 251 g/mol. The number of ether oxygens (including phenoxy) is 1. The Bertz CT molecular complexity index is 375. The standard InChI is InChI=1S/C15H25NO2/c1-6-16(11(2)3)10-14-9-13(12(4)17)7-8-15(14)18-5/h7-9,11-12,17H,6,10H2,1-5H3. The molecule has 0 amide bonds. The van der Waals surface area contributed by atoms with Crippen LogP contribution >= 0.6 is 0 Å². The summed E-state index contributed by atoms with van der Waals surface area (Å²) in [6, 6.07) is 6.38. The Hall–Kier alpha value is -1.06. The fourth-order valence-electron chi connectivity index (χ4n) is 2.06. The van der Waals surface area contributed by atoms with Crippen molar-refractivity contribution in [1.29, 1.82) is 0 Å². The van der Waals surface area contributed by atoms with Crippen LogP contribution < -0.4 is 4.74 Å². The zero-order valence-corrected chi connectivity index (χ0v) is 12.1. The van der Waals surface area contributed by atoms with Gasteiger partial charge in [0.1, 0.15) is 5.75 Å². The summed E-state index contributed by atoms with van der Waals surface area (Å²) in [5.74, 6) is 0.888.